The van der Waals surface area contributed by atoms with Crippen molar-refractivity contribution in [1.82, 2.24) is 4.98 Å². The molecule has 0 aliphatic rings. The quantitative estimate of drug-likeness (QED) is 0.303. The van der Waals surface area contributed by atoms with Crippen LogP contribution in [0.3, 0.4) is 0 Å². The number of hydrogen-bond acceptors (Lipinski definition) is 7. The van der Waals surface area contributed by atoms with Crippen LogP contribution < -0.4 is 16.0 Å². The zero-order valence-corrected chi connectivity index (χ0v) is 19.6. The van der Waals surface area contributed by atoms with Gasteiger partial charge in [0.15, 0.2) is 0 Å². The fraction of sp³-hybridized carbons (Fsp3) is 0.0333. The molecule has 0 atom stereocenters. The number of benzene rings is 3. The third-order valence-electron chi connectivity index (χ3n) is 6.21. The summed E-state index contributed by atoms with van der Waals surface area (Å²) < 4.78 is 16.3. The van der Waals surface area contributed by atoms with Crippen molar-refractivity contribution >= 4 is 21.9 Å². The summed E-state index contributed by atoms with van der Waals surface area (Å²) in [5.41, 5.74) is 1.43. The predicted octanol–water partition coefficient (Wildman–Crippen LogP) is 6.01. The van der Waals surface area contributed by atoms with Gasteiger partial charge in [0.1, 0.15) is 28.2 Å². The molecule has 7 nitrogen and oxygen atoms in total. The number of methoxy groups -OCH3 is 1. The van der Waals surface area contributed by atoms with E-state index in [9.17, 15) is 14.7 Å². The zero-order chi connectivity index (χ0) is 25.5. The SMILES string of the molecule is COc1ccc(-c2cc(-c3cc4ccccc4oc3=O)nc(-c3c(O)c4ccccc4oc3=O)c2)cc1. The van der Waals surface area contributed by atoms with Crippen LogP contribution in [0.2, 0.25) is 0 Å². The maximum atomic E-state index is 13.0. The Labute approximate surface area is 209 Å². The van der Waals surface area contributed by atoms with Gasteiger partial charge in [-0.15, -0.1) is 0 Å². The molecule has 1 N–H and O–H groups in total. The van der Waals surface area contributed by atoms with Gasteiger partial charge in [0.05, 0.1) is 29.4 Å². The minimum Gasteiger partial charge on any atom is -0.506 e. The first-order valence-electron chi connectivity index (χ1n) is 11.5. The summed E-state index contributed by atoms with van der Waals surface area (Å²) in [7, 11) is 1.58. The van der Waals surface area contributed by atoms with E-state index in [2.05, 4.69) is 4.98 Å². The average Bonchev–Trinajstić information content (AvgIpc) is 2.92. The van der Waals surface area contributed by atoms with Gasteiger partial charge in [0, 0.05) is 5.39 Å². The molecular formula is C30H19NO6. The topological polar surface area (TPSA) is 103 Å². The van der Waals surface area contributed by atoms with Gasteiger partial charge >= 0.3 is 11.3 Å². The third kappa shape index (κ3) is 3.92. The lowest BCUT2D eigenvalue weighted by Gasteiger charge is -2.11. The normalized spacial score (nSPS) is 11.2. The van der Waals surface area contributed by atoms with E-state index >= 15 is 0 Å². The Hall–Kier alpha value is -5.17. The van der Waals surface area contributed by atoms with E-state index < -0.39 is 11.3 Å². The lowest BCUT2D eigenvalue weighted by atomic mass is 9.99. The first-order valence-corrected chi connectivity index (χ1v) is 11.5. The Balaban J connectivity index is 1.64. The summed E-state index contributed by atoms with van der Waals surface area (Å²) in [4.78, 5) is 30.6. The van der Waals surface area contributed by atoms with Crippen molar-refractivity contribution in [3.05, 3.63) is 112 Å². The molecule has 3 aromatic carbocycles. The van der Waals surface area contributed by atoms with Crippen molar-refractivity contribution in [1.29, 1.82) is 0 Å². The van der Waals surface area contributed by atoms with Crippen LogP contribution in [0.5, 0.6) is 11.5 Å². The summed E-state index contributed by atoms with van der Waals surface area (Å²) >= 11 is 0. The van der Waals surface area contributed by atoms with E-state index in [1.54, 1.807) is 73.8 Å². The zero-order valence-electron chi connectivity index (χ0n) is 19.6. The van der Waals surface area contributed by atoms with Crippen LogP contribution in [0.25, 0.3) is 55.6 Å². The number of ether oxygens (including phenoxy) is 1. The molecule has 0 unspecified atom stereocenters. The third-order valence-corrected chi connectivity index (χ3v) is 6.21. The van der Waals surface area contributed by atoms with E-state index in [1.807, 2.05) is 24.3 Å². The second-order valence-electron chi connectivity index (χ2n) is 8.45. The van der Waals surface area contributed by atoms with Crippen molar-refractivity contribution < 1.29 is 18.7 Å². The van der Waals surface area contributed by atoms with Crippen LogP contribution in [0.15, 0.2) is 109 Å². The van der Waals surface area contributed by atoms with Gasteiger partial charge in [-0.1, -0.05) is 42.5 Å². The summed E-state index contributed by atoms with van der Waals surface area (Å²) in [5.74, 6) is 0.434. The Morgan fingerprint density at radius 3 is 2.19 bits per heavy atom. The van der Waals surface area contributed by atoms with Gasteiger partial charge in [-0.2, -0.15) is 0 Å². The molecule has 7 heteroatoms. The highest BCUT2D eigenvalue weighted by molar-refractivity contribution is 5.91. The smallest absolute Gasteiger partial charge is 0.349 e. The van der Waals surface area contributed by atoms with Gasteiger partial charge in [-0.3, -0.25) is 0 Å². The molecule has 3 aromatic heterocycles. The molecular weight excluding hydrogens is 470 g/mol. The van der Waals surface area contributed by atoms with Crippen molar-refractivity contribution in [2.45, 2.75) is 0 Å². The van der Waals surface area contributed by atoms with Gasteiger partial charge in [0.25, 0.3) is 0 Å². The highest BCUT2D eigenvalue weighted by Crippen LogP contribution is 2.36. The van der Waals surface area contributed by atoms with E-state index in [1.165, 1.54) is 0 Å². The lowest BCUT2D eigenvalue weighted by molar-refractivity contribution is 0.415. The second kappa shape index (κ2) is 8.80. The number of aromatic nitrogens is 1. The molecule has 0 amide bonds. The number of hydrogen-bond donors (Lipinski definition) is 1. The molecule has 0 aliphatic heterocycles. The minimum atomic E-state index is -0.743. The molecule has 0 bridgehead atoms. The standard InChI is InChI=1S/C30H19NO6/c1-35-20-12-10-17(11-13-20)19-15-23(22-14-18-6-2-4-8-25(18)36-29(22)33)31-24(16-19)27-28(32)21-7-3-5-9-26(21)37-30(27)34/h2-16,32H,1H3. The summed E-state index contributed by atoms with van der Waals surface area (Å²) in [6, 6.07) is 26.3. The Kier molecular flexibility index (Phi) is 5.31. The van der Waals surface area contributed by atoms with Crippen LogP contribution in [0, 0.1) is 0 Å². The van der Waals surface area contributed by atoms with Gasteiger partial charge in [-0.25, -0.2) is 14.6 Å². The highest BCUT2D eigenvalue weighted by atomic mass is 16.5. The lowest BCUT2D eigenvalue weighted by Crippen LogP contribution is -2.08. The Morgan fingerprint density at radius 1 is 0.730 bits per heavy atom. The average molecular weight is 489 g/mol. The molecule has 0 radical (unpaired) electrons. The fourth-order valence-electron chi connectivity index (χ4n) is 4.35. The minimum absolute atomic E-state index is 0.0968. The molecule has 6 aromatic rings. The van der Waals surface area contributed by atoms with Crippen LogP contribution >= 0.6 is 0 Å². The number of aromatic hydroxyl groups is 1. The summed E-state index contributed by atoms with van der Waals surface area (Å²) in [5, 5.41) is 12.2. The van der Waals surface area contributed by atoms with Crippen LogP contribution in [-0.2, 0) is 0 Å². The maximum Gasteiger partial charge on any atom is 0.349 e. The van der Waals surface area contributed by atoms with Crippen molar-refractivity contribution in [3.8, 4) is 45.1 Å². The van der Waals surface area contributed by atoms with E-state index in [4.69, 9.17) is 13.6 Å². The number of pyridine rings is 1. The predicted molar refractivity (Wildman–Crippen MR) is 141 cm³/mol. The molecule has 0 saturated heterocycles. The first-order chi connectivity index (χ1) is 18.0. The maximum absolute atomic E-state index is 13.0. The summed E-state index contributed by atoms with van der Waals surface area (Å²) in [6.07, 6.45) is 0. The summed E-state index contributed by atoms with van der Waals surface area (Å²) in [6.45, 7) is 0. The monoisotopic (exact) mass is 489 g/mol. The highest BCUT2D eigenvalue weighted by Gasteiger charge is 2.20. The van der Waals surface area contributed by atoms with Crippen molar-refractivity contribution in [3.63, 3.8) is 0 Å². The van der Waals surface area contributed by atoms with E-state index in [0.717, 1.165) is 10.9 Å². The molecule has 0 fully saturated rings. The van der Waals surface area contributed by atoms with Gasteiger partial charge in [-0.05, 0) is 59.7 Å². The van der Waals surface area contributed by atoms with Crippen LogP contribution in [0.1, 0.15) is 0 Å². The van der Waals surface area contributed by atoms with Gasteiger partial charge < -0.3 is 18.7 Å². The largest absolute Gasteiger partial charge is 0.506 e. The molecule has 0 aliphatic carbocycles. The Morgan fingerprint density at radius 2 is 1.41 bits per heavy atom. The first kappa shape index (κ1) is 22.3. The second-order valence-corrected chi connectivity index (χ2v) is 8.45. The molecule has 180 valence electrons. The number of nitrogens with zero attached hydrogens (tertiary/aromatic N) is 1. The molecule has 6 rings (SSSR count). The molecule has 37 heavy (non-hydrogen) atoms. The molecule has 0 saturated carbocycles. The number of para-hydroxylation sites is 2. The van der Waals surface area contributed by atoms with Crippen molar-refractivity contribution in [2.24, 2.45) is 0 Å². The van der Waals surface area contributed by atoms with Crippen molar-refractivity contribution in [2.75, 3.05) is 7.11 Å². The van der Waals surface area contributed by atoms with Gasteiger partial charge in [0.2, 0.25) is 0 Å². The molecule has 0 spiro atoms. The fourth-order valence-corrected chi connectivity index (χ4v) is 4.35. The van der Waals surface area contributed by atoms with Crippen LogP contribution in [0.4, 0.5) is 0 Å². The molecule has 3 heterocycles. The number of fused-ring (bicyclic) bond motifs is 2. The van der Waals surface area contributed by atoms with Crippen LogP contribution in [-0.4, -0.2) is 17.2 Å². The van der Waals surface area contributed by atoms with E-state index in [-0.39, 0.29) is 33.8 Å². The van der Waals surface area contributed by atoms with E-state index in [0.29, 0.717) is 22.3 Å². The Bertz CT molecular complexity index is 1920. The number of rotatable bonds is 4.